The minimum absolute atomic E-state index is 0.0200. The average molecular weight is 597 g/mol. The lowest BCUT2D eigenvalue weighted by Gasteiger charge is -2.29. The number of pyridine rings is 2. The Kier molecular flexibility index (Phi) is 8.53. The van der Waals surface area contributed by atoms with Crippen molar-refractivity contribution in [2.75, 3.05) is 42.7 Å². The molecule has 0 spiro atoms. The Morgan fingerprint density at radius 3 is 2.59 bits per heavy atom. The van der Waals surface area contributed by atoms with Crippen molar-refractivity contribution < 1.29 is 41.0 Å². The highest BCUT2D eigenvalue weighted by atomic mass is 32.2. The molecule has 3 N–H and O–H groups in total. The lowest BCUT2D eigenvalue weighted by Crippen LogP contribution is -2.49. The Bertz CT molecular complexity index is 1470. The molecule has 2 aromatic heterocycles. The van der Waals surface area contributed by atoms with E-state index in [1.54, 1.807) is 25.1 Å². The molecule has 12 nitrogen and oxygen atoms in total. The number of aromatic nitrogens is 2. The van der Waals surface area contributed by atoms with Gasteiger partial charge in [0.1, 0.15) is 29.5 Å². The number of esters is 1. The SMILES string of the molecule is COC(=O)[C@@H](Cc1cc2ccnc(N)c2cc1OC(F)(F)F)N1CC[C@H](N(c2ccc(N(C)C)nc2)S(=O)O)C1=O. The number of nitrogens with zero attached hydrogens (tertiary/aromatic N) is 5. The van der Waals surface area contributed by atoms with Crippen molar-refractivity contribution in [3.8, 4) is 5.75 Å². The van der Waals surface area contributed by atoms with E-state index in [0.29, 0.717) is 11.2 Å². The number of nitrogen functional groups attached to an aromatic ring is 1. The highest BCUT2D eigenvalue weighted by Gasteiger charge is 2.44. The molecule has 0 saturated carbocycles. The van der Waals surface area contributed by atoms with Crippen molar-refractivity contribution >= 4 is 51.2 Å². The molecule has 3 atom stereocenters. The van der Waals surface area contributed by atoms with Crippen LogP contribution in [0.25, 0.3) is 10.8 Å². The molecule has 1 aliphatic heterocycles. The zero-order valence-corrected chi connectivity index (χ0v) is 23.0. The van der Waals surface area contributed by atoms with Crippen molar-refractivity contribution in [1.29, 1.82) is 0 Å². The number of methoxy groups -OCH3 is 1. The van der Waals surface area contributed by atoms with Gasteiger partial charge in [-0.25, -0.2) is 19.0 Å². The van der Waals surface area contributed by atoms with Crippen molar-refractivity contribution in [2.24, 2.45) is 0 Å². The van der Waals surface area contributed by atoms with Gasteiger partial charge in [0.15, 0.2) is 0 Å². The summed E-state index contributed by atoms with van der Waals surface area (Å²) >= 11 is -2.64. The van der Waals surface area contributed by atoms with Crippen LogP contribution in [0.3, 0.4) is 0 Å². The molecule has 1 aromatic carbocycles. The molecule has 1 fully saturated rings. The maximum absolute atomic E-state index is 13.6. The van der Waals surface area contributed by atoms with Crippen LogP contribution in [-0.4, -0.2) is 81.7 Å². The molecule has 220 valence electrons. The van der Waals surface area contributed by atoms with Gasteiger partial charge in [-0.05, 0) is 47.7 Å². The molecule has 16 heteroatoms. The van der Waals surface area contributed by atoms with E-state index in [9.17, 15) is 31.5 Å². The summed E-state index contributed by atoms with van der Waals surface area (Å²) in [6.07, 6.45) is -2.71. The first-order chi connectivity index (χ1) is 19.3. The normalized spacial score (nSPS) is 16.9. The summed E-state index contributed by atoms with van der Waals surface area (Å²) in [7, 11) is 4.62. The van der Waals surface area contributed by atoms with Crippen LogP contribution in [0.2, 0.25) is 0 Å². The number of fused-ring (bicyclic) bond motifs is 1. The fourth-order valence-corrected chi connectivity index (χ4v) is 5.38. The zero-order valence-electron chi connectivity index (χ0n) is 22.2. The number of benzene rings is 1. The number of hydrogen-bond donors (Lipinski definition) is 2. The molecule has 1 unspecified atom stereocenters. The van der Waals surface area contributed by atoms with Crippen LogP contribution in [-0.2, 0) is 32.0 Å². The minimum Gasteiger partial charge on any atom is -0.467 e. The second kappa shape index (κ2) is 11.7. The molecule has 1 aliphatic rings. The van der Waals surface area contributed by atoms with Crippen LogP contribution in [0, 0.1) is 0 Å². The summed E-state index contributed by atoms with van der Waals surface area (Å²) in [4.78, 5) is 37.4. The Hall–Kier alpha value is -4.18. The fourth-order valence-electron chi connectivity index (χ4n) is 4.68. The van der Waals surface area contributed by atoms with E-state index >= 15 is 0 Å². The smallest absolute Gasteiger partial charge is 0.467 e. The summed E-state index contributed by atoms with van der Waals surface area (Å²) < 4.78 is 72.4. The number of carbonyl (C=O) groups is 2. The third kappa shape index (κ3) is 6.43. The van der Waals surface area contributed by atoms with Gasteiger partial charge in [0, 0.05) is 38.6 Å². The molecule has 0 aliphatic carbocycles. The number of carbonyl (C=O) groups excluding carboxylic acids is 2. The Morgan fingerprint density at radius 2 is 2.00 bits per heavy atom. The summed E-state index contributed by atoms with van der Waals surface area (Å²) in [6, 6.07) is 4.58. The molecular formula is C25H27F3N6O6S. The van der Waals surface area contributed by atoms with Gasteiger partial charge in [-0.15, -0.1) is 13.2 Å². The summed E-state index contributed by atoms with van der Waals surface area (Å²) in [5, 5.41) is 0.643. The van der Waals surface area contributed by atoms with Crippen LogP contribution in [0.15, 0.2) is 42.7 Å². The molecule has 4 rings (SSSR count). The van der Waals surface area contributed by atoms with Crippen molar-refractivity contribution in [3.05, 3.63) is 48.3 Å². The lowest BCUT2D eigenvalue weighted by molar-refractivity contribution is -0.274. The Labute approximate surface area is 235 Å². The molecule has 1 saturated heterocycles. The van der Waals surface area contributed by atoms with E-state index in [4.69, 9.17) is 10.5 Å². The minimum atomic E-state index is -5.06. The average Bonchev–Trinajstić information content (AvgIpc) is 3.27. The zero-order chi connectivity index (χ0) is 30.1. The summed E-state index contributed by atoms with van der Waals surface area (Å²) in [5.74, 6) is -1.64. The van der Waals surface area contributed by atoms with E-state index in [1.807, 2.05) is 0 Å². The molecule has 1 amide bonds. The summed E-state index contributed by atoms with van der Waals surface area (Å²) in [6.45, 7) is -0.0416. The number of likely N-dealkylation sites (tertiary alicyclic amines) is 1. The quantitative estimate of drug-likeness (QED) is 0.279. The van der Waals surface area contributed by atoms with E-state index in [0.717, 1.165) is 22.4 Å². The van der Waals surface area contributed by atoms with Crippen molar-refractivity contribution in [1.82, 2.24) is 14.9 Å². The molecule has 0 bridgehead atoms. The first-order valence-corrected chi connectivity index (χ1v) is 13.2. The Morgan fingerprint density at radius 1 is 1.27 bits per heavy atom. The second-order valence-electron chi connectivity index (χ2n) is 9.33. The van der Waals surface area contributed by atoms with Gasteiger partial charge in [0.05, 0.1) is 19.0 Å². The van der Waals surface area contributed by atoms with E-state index in [1.165, 1.54) is 30.6 Å². The van der Waals surface area contributed by atoms with Crippen LogP contribution in [0.5, 0.6) is 5.75 Å². The van der Waals surface area contributed by atoms with Crippen LogP contribution < -0.4 is 19.7 Å². The van der Waals surface area contributed by atoms with Gasteiger partial charge in [0.25, 0.3) is 11.3 Å². The Balaban J connectivity index is 1.69. The topological polar surface area (TPSA) is 151 Å². The largest absolute Gasteiger partial charge is 0.573 e. The van der Waals surface area contributed by atoms with Crippen molar-refractivity contribution in [2.45, 2.75) is 31.3 Å². The number of ether oxygens (including phenoxy) is 2. The molecule has 41 heavy (non-hydrogen) atoms. The predicted octanol–water partition coefficient (Wildman–Crippen LogP) is 2.50. The van der Waals surface area contributed by atoms with E-state index < -0.39 is 53.8 Å². The maximum Gasteiger partial charge on any atom is 0.573 e. The van der Waals surface area contributed by atoms with Crippen LogP contribution in [0.1, 0.15) is 12.0 Å². The van der Waals surface area contributed by atoms with Crippen LogP contribution >= 0.6 is 0 Å². The monoisotopic (exact) mass is 596 g/mol. The standard InChI is InChI=1S/C25H27F3N6O6S/c1-32(2)21-5-4-16(13-31-21)34(41(37)38)18-7-9-33(23(18)35)19(24(36)39-3)11-15-10-14-6-8-30-22(29)17(14)12-20(15)40-25(26,27)28/h4-6,8,10,12-13,18-19H,7,9,11H2,1-3H3,(H2,29,30)(H,37,38)/t18-,19+/m0/s1. The number of hydrogen-bond acceptors (Lipinski definition) is 9. The second-order valence-corrected chi connectivity index (χ2v) is 10.2. The van der Waals surface area contributed by atoms with E-state index in [2.05, 4.69) is 14.7 Å². The van der Waals surface area contributed by atoms with Gasteiger partial charge in [0.2, 0.25) is 5.91 Å². The molecular weight excluding hydrogens is 569 g/mol. The number of anilines is 3. The highest BCUT2D eigenvalue weighted by molar-refractivity contribution is 7.80. The fraction of sp³-hybridized carbons (Fsp3) is 0.360. The lowest BCUT2D eigenvalue weighted by atomic mass is 10.00. The van der Waals surface area contributed by atoms with Gasteiger partial charge in [-0.3, -0.25) is 13.7 Å². The van der Waals surface area contributed by atoms with Crippen molar-refractivity contribution in [3.63, 3.8) is 0 Å². The van der Waals surface area contributed by atoms with Gasteiger partial charge < -0.3 is 25.0 Å². The first kappa shape index (κ1) is 29.8. The van der Waals surface area contributed by atoms with Gasteiger partial charge >= 0.3 is 12.3 Å². The number of rotatable bonds is 9. The number of alkyl halides is 3. The van der Waals surface area contributed by atoms with Crippen LogP contribution in [0.4, 0.5) is 30.5 Å². The third-order valence-corrected chi connectivity index (χ3v) is 7.37. The summed E-state index contributed by atoms with van der Waals surface area (Å²) in [5.41, 5.74) is 5.98. The molecule has 3 heterocycles. The maximum atomic E-state index is 13.6. The van der Waals surface area contributed by atoms with Gasteiger partial charge in [-0.2, -0.15) is 0 Å². The highest BCUT2D eigenvalue weighted by Crippen LogP contribution is 2.35. The number of halogens is 3. The predicted molar refractivity (Wildman–Crippen MR) is 144 cm³/mol. The number of nitrogens with two attached hydrogens (primary N) is 1. The first-order valence-electron chi connectivity index (χ1n) is 12.2. The van der Waals surface area contributed by atoms with E-state index in [-0.39, 0.29) is 35.4 Å². The molecule has 0 radical (unpaired) electrons. The number of amides is 1. The third-order valence-electron chi connectivity index (χ3n) is 6.57. The van der Waals surface area contributed by atoms with Gasteiger partial charge in [-0.1, -0.05) is 0 Å². The molecule has 3 aromatic rings.